The van der Waals surface area contributed by atoms with Gasteiger partial charge in [-0.25, -0.2) is 0 Å². The van der Waals surface area contributed by atoms with Gasteiger partial charge in [0.05, 0.1) is 5.56 Å². The van der Waals surface area contributed by atoms with Gasteiger partial charge >= 0.3 is 0 Å². The highest BCUT2D eigenvalue weighted by Crippen LogP contribution is 2.31. The van der Waals surface area contributed by atoms with Crippen molar-refractivity contribution < 1.29 is 4.79 Å². The zero-order chi connectivity index (χ0) is 15.1. The Hall–Kier alpha value is -2.08. The van der Waals surface area contributed by atoms with Gasteiger partial charge in [-0.1, -0.05) is 42.5 Å². The Bertz CT molecular complexity index is 886. The van der Waals surface area contributed by atoms with Crippen molar-refractivity contribution >= 4 is 45.0 Å². The number of fused-ring (bicyclic) bond motifs is 2. The van der Waals surface area contributed by atoms with Crippen LogP contribution in [0.5, 0.6) is 0 Å². The zero-order valence-electron chi connectivity index (χ0n) is 11.6. The third-order valence-electron chi connectivity index (χ3n) is 3.94. The molecule has 0 saturated carbocycles. The molecule has 1 aliphatic rings. The number of carbonyl (C=O) groups is 1. The van der Waals surface area contributed by atoms with E-state index in [-0.39, 0.29) is 12.1 Å². The van der Waals surface area contributed by atoms with Gasteiger partial charge in [0.25, 0.3) is 5.91 Å². The Labute approximate surface area is 141 Å². The molecule has 0 spiro atoms. The number of benzene rings is 3. The molecule has 0 saturated heterocycles. The van der Waals surface area contributed by atoms with Gasteiger partial charge in [0.2, 0.25) is 0 Å². The molecule has 1 aliphatic heterocycles. The number of halogens is 1. The van der Waals surface area contributed by atoms with Crippen LogP contribution in [0.2, 0.25) is 0 Å². The van der Waals surface area contributed by atoms with Crippen LogP contribution in [0.3, 0.4) is 0 Å². The van der Waals surface area contributed by atoms with E-state index in [1.54, 1.807) is 0 Å². The molecule has 3 nitrogen and oxygen atoms in total. The van der Waals surface area contributed by atoms with Gasteiger partial charge in [0.1, 0.15) is 6.17 Å². The minimum Gasteiger partial charge on any atom is -0.361 e. The average Bonchev–Trinajstić information content (AvgIpc) is 2.55. The van der Waals surface area contributed by atoms with Crippen LogP contribution in [0.25, 0.3) is 10.8 Å². The summed E-state index contributed by atoms with van der Waals surface area (Å²) in [6.07, 6.45) is -0.217. The lowest BCUT2D eigenvalue weighted by molar-refractivity contribution is 0.0936. The van der Waals surface area contributed by atoms with Crippen LogP contribution in [0.15, 0.2) is 60.7 Å². The Morgan fingerprint density at radius 3 is 2.64 bits per heavy atom. The number of anilines is 1. The molecule has 1 amide bonds. The second kappa shape index (κ2) is 5.28. The third-order valence-corrected chi connectivity index (χ3v) is 4.61. The molecule has 4 heteroatoms. The predicted octanol–water partition coefficient (Wildman–Crippen LogP) is 4.30. The lowest BCUT2D eigenvalue weighted by Gasteiger charge is -2.29. The maximum atomic E-state index is 12.4. The Morgan fingerprint density at radius 2 is 1.73 bits per heavy atom. The summed E-state index contributed by atoms with van der Waals surface area (Å²) in [5.74, 6) is -0.0369. The molecular formula is C18H13IN2O. The van der Waals surface area contributed by atoms with E-state index in [1.807, 2.05) is 36.4 Å². The predicted molar refractivity (Wildman–Crippen MR) is 96.9 cm³/mol. The monoisotopic (exact) mass is 400 g/mol. The van der Waals surface area contributed by atoms with E-state index in [0.29, 0.717) is 5.56 Å². The van der Waals surface area contributed by atoms with Crippen molar-refractivity contribution in [2.75, 3.05) is 5.32 Å². The van der Waals surface area contributed by atoms with E-state index >= 15 is 0 Å². The summed E-state index contributed by atoms with van der Waals surface area (Å²) in [6.45, 7) is 0. The summed E-state index contributed by atoms with van der Waals surface area (Å²) in [7, 11) is 0. The molecule has 0 bridgehead atoms. The van der Waals surface area contributed by atoms with Crippen molar-refractivity contribution in [1.29, 1.82) is 0 Å². The fraction of sp³-hybridized carbons (Fsp3) is 0.0556. The summed E-state index contributed by atoms with van der Waals surface area (Å²) in [5.41, 5.74) is 2.65. The van der Waals surface area contributed by atoms with Crippen LogP contribution in [0, 0.1) is 3.57 Å². The minimum absolute atomic E-state index is 0.0369. The Kier molecular flexibility index (Phi) is 3.26. The van der Waals surface area contributed by atoms with E-state index in [9.17, 15) is 4.79 Å². The minimum atomic E-state index is -0.217. The maximum absolute atomic E-state index is 12.4. The lowest BCUT2D eigenvalue weighted by atomic mass is 10.00. The molecule has 108 valence electrons. The number of hydrogen-bond acceptors (Lipinski definition) is 2. The van der Waals surface area contributed by atoms with E-state index in [2.05, 4.69) is 57.5 Å². The van der Waals surface area contributed by atoms with Gasteiger partial charge in [-0.3, -0.25) is 4.79 Å². The van der Waals surface area contributed by atoms with E-state index in [4.69, 9.17) is 0 Å². The molecule has 3 aromatic carbocycles. The number of amides is 1. The van der Waals surface area contributed by atoms with Crippen molar-refractivity contribution in [3.63, 3.8) is 0 Å². The highest BCUT2D eigenvalue weighted by atomic mass is 127. The molecular weight excluding hydrogens is 387 g/mol. The van der Waals surface area contributed by atoms with Crippen molar-refractivity contribution in [2.45, 2.75) is 6.17 Å². The summed E-state index contributed by atoms with van der Waals surface area (Å²) >= 11 is 2.22. The third kappa shape index (κ3) is 2.23. The fourth-order valence-corrected chi connectivity index (χ4v) is 3.38. The molecule has 22 heavy (non-hydrogen) atoms. The number of hydrogen-bond donors (Lipinski definition) is 2. The summed E-state index contributed by atoms with van der Waals surface area (Å²) < 4.78 is 1.05. The quantitative estimate of drug-likeness (QED) is 0.599. The smallest absolute Gasteiger partial charge is 0.255 e. The molecule has 0 fully saturated rings. The van der Waals surface area contributed by atoms with Crippen LogP contribution in [-0.4, -0.2) is 5.91 Å². The molecule has 2 N–H and O–H groups in total. The molecule has 0 aromatic heterocycles. The van der Waals surface area contributed by atoms with Crippen molar-refractivity contribution in [1.82, 2.24) is 5.32 Å². The zero-order valence-corrected chi connectivity index (χ0v) is 13.8. The van der Waals surface area contributed by atoms with E-state index in [1.165, 1.54) is 5.39 Å². The molecule has 4 rings (SSSR count). The first-order chi connectivity index (χ1) is 10.7. The molecule has 0 radical (unpaired) electrons. The summed E-state index contributed by atoms with van der Waals surface area (Å²) in [6, 6.07) is 20.2. The molecule has 1 unspecified atom stereocenters. The largest absolute Gasteiger partial charge is 0.361 e. The second-order valence-electron chi connectivity index (χ2n) is 5.31. The van der Waals surface area contributed by atoms with Gasteiger partial charge in [-0.05, 0) is 51.6 Å². The van der Waals surface area contributed by atoms with Gasteiger partial charge in [0, 0.05) is 14.8 Å². The second-order valence-corrected chi connectivity index (χ2v) is 6.55. The van der Waals surface area contributed by atoms with Gasteiger partial charge in [-0.15, -0.1) is 0 Å². The van der Waals surface area contributed by atoms with Crippen molar-refractivity contribution in [2.24, 2.45) is 0 Å². The average molecular weight is 400 g/mol. The molecule has 0 aliphatic carbocycles. The normalized spacial score (nSPS) is 16.8. The van der Waals surface area contributed by atoms with Gasteiger partial charge in [0.15, 0.2) is 0 Å². The summed E-state index contributed by atoms with van der Waals surface area (Å²) in [5, 5.41) is 8.80. The highest BCUT2D eigenvalue weighted by molar-refractivity contribution is 14.1. The molecule has 1 atom stereocenters. The standard InChI is InChI=1S/C18H13IN2O/c19-12-8-9-16-15(10-12)18(22)21-17(20-16)14-7-3-5-11-4-1-2-6-13(11)14/h1-10,17,20H,(H,21,22). The summed E-state index contributed by atoms with van der Waals surface area (Å²) in [4.78, 5) is 12.4. The first-order valence-electron chi connectivity index (χ1n) is 7.07. The Balaban J connectivity index is 1.81. The number of carbonyl (C=O) groups excluding carboxylic acids is 1. The molecule has 3 aromatic rings. The first kappa shape index (κ1) is 13.6. The highest BCUT2D eigenvalue weighted by Gasteiger charge is 2.25. The van der Waals surface area contributed by atoms with Crippen molar-refractivity contribution in [3.8, 4) is 0 Å². The SMILES string of the molecule is O=C1NC(c2cccc3ccccc23)Nc2ccc(I)cc21. The number of rotatable bonds is 1. The topological polar surface area (TPSA) is 41.1 Å². The lowest BCUT2D eigenvalue weighted by Crippen LogP contribution is -2.38. The van der Waals surface area contributed by atoms with Crippen LogP contribution in [0.1, 0.15) is 22.1 Å². The van der Waals surface area contributed by atoms with Crippen LogP contribution < -0.4 is 10.6 Å². The van der Waals surface area contributed by atoms with Crippen LogP contribution in [-0.2, 0) is 0 Å². The van der Waals surface area contributed by atoms with Gasteiger partial charge in [-0.2, -0.15) is 0 Å². The van der Waals surface area contributed by atoms with E-state index < -0.39 is 0 Å². The fourth-order valence-electron chi connectivity index (χ4n) is 2.89. The maximum Gasteiger partial charge on any atom is 0.255 e. The van der Waals surface area contributed by atoms with Crippen LogP contribution >= 0.6 is 22.6 Å². The van der Waals surface area contributed by atoms with Crippen molar-refractivity contribution in [3.05, 3.63) is 75.4 Å². The Morgan fingerprint density at radius 1 is 0.909 bits per heavy atom. The molecule has 1 heterocycles. The van der Waals surface area contributed by atoms with Gasteiger partial charge < -0.3 is 10.6 Å². The first-order valence-corrected chi connectivity index (χ1v) is 8.15. The number of nitrogens with one attached hydrogen (secondary N) is 2. The van der Waals surface area contributed by atoms with E-state index in [0.717, 1.165) is 20.2 Å². The van der Waals surface area contributed by atoms with Crippen LogP contribution in [0.4, 0.5) is 5.69 Å².